The predicted octanol–water partition coefficient (Wildman–Crippen LogP) is 2.97. The average Bonchev–Trinajstić information content (AvgIpc) is 2.39. The summed E-state index contributed by atoms with van der Waals surface area (Å²) in [5.41, 5.74) is 2.44. The van der Waals surface area contributed by atoms with Crippen LogP contribution in [0.25, 0.3) is 0 Å². The van der Waals surface area contributed by atoms with Crippen LogP contribution in [0.4, 0.5) is 5.69 Å². The predicted molar refractivity (Wildman–Crippen MR) is 76.8 cm³/mol. The van der Waals surface area contributed by atoms with E-state index in [9.17, 15) is 4.79 Å². The van der Waals surface area contributed by atoms with Crippen LogP contribution in [0.15, 0.2) is 24.3 Å². The largest absolute Gasteiger partial charge is 0.384 e. The molecule has 0 radical (unpaired) electrons. The monoisotopic (exact) mass is 248 g/mol. The Labute approximate surface area is 110 Å². The Hall–Kier alpha value is -1.51. The summed E-state index contributed by atoms with van der Waals surface area (Å²) in [6.07, 6.45) is 3.70. The molecule has 0 aliphatic heterocycles. The molecular formula is C15H24N2O. The molecule has 0 fully saturated rings. The van der Waals surface area contributed by atoms with Crippen molar-refractivity contribution in [3.63, 3.8) is 0 Å². The Morgan fingerprint density at radius 3 is 2.67 bits per heavy atom. The van der Waals surface area contributed by atoms with Gasteiger partial charge < -0.3 is 10.6 Å². The maximum Gasteiger partial charge on any atom is 0.221 e. The fourth-order valence-corrected chi connectivity index (χ4v) is 1.80. The molecule has 0 saturated heterocycles. The Kier molecular flexibility index (Phi) is 6.92. The number of anilines is 1. The van der Waals surface area contributed by atoms with Gasteiger partial charge in [0.15, 0.2) is 0 Å². The summed E-state index contributed by atoms with van der Waals surface area (Å²) < 4.78 is 0. The normalized spacial score (nSPS) is 10.1. The summed E-state index contributed by atoms with van der Waals surface area (Å²) in [7, 11) is 0. The Bertz CT molecular complexity index is 363. The van der Waals surface area contributed by atoms with Crippen molar-refractivity contribution >= 4 is 11.6 Å². The molecule has 1 aromatic carbocycles. The summed E-state index contributed by atoms with van der Waals surface area (Å²) in [5.74, 6) is 0.130. The van der Waals surface area contributed by atoms with Gasteiger partial charge >= 0.3 is 0 Å². The number of hydrogen-bond acceptors (Lipinski definition) is 2. The first-order chi connectivity index (χ1) is 8.77. The van der Waals surface area contributed by atoms with Gasteiger partial charge in [0.25, 0.3) is 0 Å². The minimum absolute atomic E-state index is 0.130. The van der Waals surface area contributed by atoms with E-state index in [0.29, 0.717) is 13.0 Å². The Morgan fingerprint density at radius 1 is 1.17 bits per heavy atom. The van der Waals surface area contributed by atoms with E-state index in [-0.39, 0.29) is 5.91 Å². The number of unbranched alkanes of at least 4 members (excludes halogenated alkanes) is 1. The van der Waals surface area contributed by atoms with Crippen LogP contribution in [0, 0.1) is 0 Å². The highest BCUT2D eigenvalue weighted by molar-refractivity contribution is 5.76. The third kappa shape index (κ3) is 5.21. The highest BCUT2D eigenvalue weighted by Gasteiger charge is 2.02. The van der Waals surface area contributed by atoms with E-state index in [4.69, 9.17) is 0 Å². The van der Waals surface area contributed by atoms with Crippen molar-refractivity contribution in [3.8, 4) is 0 Å². The summed E-state index contributed by atoms with van der Waals surface area (Å²) in [6, 6.07) is 8.24. The molecule has 2 N–H and O–H groups in total. The van der Waals surface area contributed by atoms with Crippen LogP contribution in [0.2, 0.25) is 0 Å². The van der Waals surface area contributed by atoms with E-state index >= 15 is 0 Å². The maximum absolute atomic E-state index is 11.5. The van der Waals surface area contributed by atoms with Gasteiger partial charge in [0.05, 0.1) is 0 Å². The zero-order chi connectivity index (χ0) is 13.2. The quantitative estimate of drug-likeness (QED) is 0.694. The molecule has 0 heterocycles. The third-order valence-electron chi connectivity index (χ3n) is 2.92. The van der Waals surface area contributed by atoms with E-state index in [0.717, 1.165) is 31.5 Å². The first-order valence-electron chi connectivity index (χ1n) is 6.86. The second-order valence-electron chi connectivity index (χ2n) is 4.39. The molecule has 0 saturated carbocycles. The lowest BCUT2D eigenvalue weighted by atomic mass is 10.1. The van der Waals surface area contributed by atoms with Crippen LogP contribution in [0.1, 0.15) is 38.7 Å². The number of para-hydroxylation sites is 1. The van der Waals surface area contributed by atoms with Crippen LogP contribution in [-0.2, 0) is 11.2 Å². The highest BCUT2D eigenvalue weighted by Crippen LogP contribution is 2.14. The second kappa shape index (κ2) is 8.56. The molecule has 3 nitrogen and oxygen atoms in total. The van der Waals surface area contributed by atoms with Gasteiger partial charge in [-0.2, -0.15) is 0 Å². The molecule has 0 aromatic heterocycles. The molecule has 1 rings (SSSR count). The lowest BCUT2D eigenvalue weighted by molar-refractivity contribution is -0.120. The van der Waals surface area contributed by atoms with Crippen molar-refractivity contribution in [2.45, 2.75) is 39.5 Å². The Balaban J connectivity index is 2.26. The molecule has 0 bridgehead atoms. The summed E-state index contributed by atoms with van der Waals surface area (Å²) >= 11 is 0. The van der Waals surface area contributed by atoms with E-state index in [1.807, 2.05) is 12.1 Å². The molecule has 0 aliphatic carbocycles. The highest BCUT2D eigenvalue weighted by atomic mass is 16.1. The van der Waals surface area contributed by atoms with Gasteiger partial charge in [0, 0.05) is 25.2 Å². The summed E-state index contributed by atoms with van der Waals surface area (Å²) in [5, 5.41) is 6.24. The minimum atomic E-state index is 0.130. The molecule has 3 heteroatoms. The molecular weight excluding hydrogens is 224 g/mol. The number of nitrogens with one attached hydrogen (secondary N) is 2. The van der Waals surface area contributed by atoms with Crippen LogP contribution in [0.5, 0.6) is 0 Å². The van der Waals surface area contributed by atoms with Crippen molar-refractivity contribution in [1.82, 2.24) is 5.32 Å². The second-order valence-corrected chi connectivity index (χ2v) is 4.39. The molecule has 1 amide bonds. The molecule has 0 aliphatic rings. The van der Waals surface area contributed by atoms with Crippen molar-refractivity contribution in [2.24, 2.45) is 0 Å². The van der Waals surface area contributed by atoms with Gasteiger partial charge in [-0.25, -0.2) is 0 Å². The number of carbonyl (C=O) groups is 1. The lowest BCUT2D eigenvalue weighted by Crippen LogP contribution is -2.26. The van der Waals surface area contributed by atoms with Gasteiger partial charge in [0.2, 0.25) is 5.91 Å². The first kappa shape index (κ1) is 14.6. The van der Waals surface area contributed by atoms with Crippen LogP contribution >= 0.6 is 0 Å². The zero-order valence-electron chi connectivity index (χ0n) is 11.5. The Morgan fingerprint density at radius 2 is 1.94 bits per heavy atom. The van der Waals surface area contributed by atoms with Crippen LogP contribution < -0.4 is 10.6 Å². The van der Waals surface area contributed by atoms with Crippen LogP contribution in [-0.4, -0.2) is 19.0 Å². The number of aryl methyl sites for hydroxylation is 1. The SMILES string of the molecule is CCCCNC(=O)CCNc1ccccc1CC. The van der Waals surface area contributed by atoms with Crippen molar-refractivity contribution in [3.05, 3.63) is 29.8 Å². The summed E-state index contributed by atoms with van der Waals surface area (Å²) in [6.45, 7) is 5.74. The summed E-state index contributed by atoms with van der Waals surface area (Å²) in [4.78, 5) is 11.5. The van der Waals surface area contributed by atoms with Crippen molar-refractivity contribution in [1.29, 1.82) is 0 Å². The topological polar surface area (TPSA) is 41.1 Å². The van der Waals surface area contributed by atoms with Crippen molar-refractivity contribution in [2.75, 3.05) is 18.4 Å². The number of amides is 1. The van der Waals surface area contributed by atoms with Gasteiger partial charge in [0.1, 0.15) is 0 Å². The van der Waals surface area contributed by atoms with E-state index in [2.05, 4.69) is 36.6 Å². The van der Waals surface area contributed by atoms with E-state index in [1.54, 1.807) is 0 Å². The van der Waals surface area contributed by atoms with Gasteiger partial charge in [-0.15, -0.1) is 0 Å². The lowest BCUT2D eigenvalue weighted by Gasteiger charge is -2.10. The van der Waals surface area contributed by atoms with Gasteiger partial charge in [-0.1, -0.05) is 38.5 Å². The third-order valence-corrected chi connectivity index (χ3v) is 2.92. The minimum Gasteiger partial charge on any atom is -0.384 e. The number of rotatable bonds is 8. The number of benzene rings is 1. The first-order valence-corrected chi connectivity index (χ1v) is 6.86. The number of hydrogen-bond donors (Lipinski definition) is 2. The molecule has 0 atom stereocenters. The molecule has 0 unspecified atom stereocenters. The molecule has 1 aromatic rings. The zero-order valence-corrected chi connectivity index (χ0v) is 11.5. The van der Waals surface area contributed by atoms with E-state index in [1.165, 1.54) is 5.56 Å². The fraction of sp³-hybridized carbons (Fsp3) is 0.533. The smallest absolute Gasteiger partial charge is 0.221 e. The van der Waals surface area contributed by atoms with Gasteiger partial charge in [-0.3, -0.25) is 4.79 Å². The molecule has 0 spiro atoms. The maximum atomic E-state index is 11.5. The average molecular weight is 248 g/mol. The van der Waals surface area contributed by atoms with Crippen LogP contribution in [0.3, 0.4) is 0 Å². The fourth-order valence-electron chi connectivity index (χ4n) is 1.80. The van der Waals surface area contributed by atoms with E-state index < -0.39 is 0 Å². The van der Waals surface area contributed by atoms with Gasteiger partial charge in [-0.05, 0) is 24.5 Å². The molecule has 100 valence electrons. The van der Waals surface area contributed by atoms with Crippen molar-refractivity contribution < 1.29 is 4.79 Å². The standard InChI is InChI=1S/C15H24N2O/c1-3-5-11-17-15(18)10-12-16-14-9-7-6-8-13(14)4-2/h6-9,16H,3-5,10-12H2,1-2H3,(H,17,18). The molecule has 18 heavy (non-hydrogen) atoms. The number of carbonyl (C=O) groups excluding carboxylic acids is 1.